The zero-order valence-corrected chi connectivity index (χ0v) is 18.1. The number of aliphatic hydroxyl groups excluding tert-OH is 1. The van der Waals surface area contributed by atoms with Crippen molar-refractivity contribution in [1.82, 2.24) is 14.5 Å². The first-order chi connectivity index (χ1) is 14.3. The maximum atomic E-state index is 13.2. The Bertz CT molecular complexity index is 1190. The molecule has 2 aliphatic heterocycles. The Hall–Kier alpha value is -2.64. The van der Waals surface area contributed by atoms with Crippen LogP contribution in [0.15, 0.2) is 50.3 Å². The van der Waals surface area contributed by atoms with Gasteiger partial charge in [0.05, 0.1) is 24.0 Å². The number of para-hydroxylation sites is 1. The summed E-state index contributed by atoms with van der Waals surface area (Å²) >= 11 is 1.13. The molecule has 1 aromatic heterocycles. The van der Waals surface area contributed by atoms with E-state index in [9.17, 15) is 22.5 Å². The molecule has 0 bridgehead atoms. The second-order valence-electron chi connectivity index (χ2n) is 6.71. The van der Waals surface area contributed by atoms with Crippen LogP contribution in [0, 0.1) is 0 Å². The Labute approximate surface area is 179 Å². The summed E-state index contributed by atoms with van der Waals surface area (Å²) in [6, 6.07) is 5.40. The highest BCUT2D eigenvalue weighted by atomic mass is 32.2. The van der Waals surface area contributed by atoms with Crippen molar-refractivity contribution in [3.05, 3.63) is 46.7 Å². The zero-order valence-electron chi connectivity index (χ0n) is 15.7. The van der Waals surface area contributed by atoms with Crippen LogP contribution in [0.4, 0.5) is 5.69 Å². The summed E-state index contributed by atoms with van der Waals surface area (Å²) in [6.07, 6.45) is 1.77. The molecule has 1 aromatic carbocycles. The van der Waals surface area contributed by atoms with Gasteiger partial charge in [-0.2, -0.15) is 8.42 Å². The molecule has 1 unspecified atom stereocenters. The summed E-state index contributed by atoms with van der Waals surface area (Å²) < 4.78 is 44.2. The first-order valence-corrected chi connectivity index (χ1v) is 12.8. The number of rotatable bonds is 6. The monoisotopic (exact) mass is 467 g/mol. The summed E-state index contributed by atoms with van der Waals surface area (Å²) in [6.45, 7) is 0.0700. The van der Waals surface area contributed by atoms with Gasteiger partial charge in [-0.1, -0.05) is 16.6 Å². The van der Waals surface area contributed by atoms with Crippen molar-refractivity contribution < 1.29 is 22.5 Å². The smallest absolute Gasteiger partial charge is 0.286 e. The second kappa shape index (κ2) is 7.89. The van der Waals surface area contributed by atoms with Gasteiger partial charge in [-0.05, 0) is 30.1 Å². The summed E-state index contributed by atoms with van der Waals surface area (Å²) in [5, 5.41) is 19.3. The Kier molecular flexibility index (Phi) is 5.42. The van der Waals surface area contributed by atoms with Crippen molar-refractivity contribution in [2.75, 3.05) is 17.3 Å². The molecule has 0 saturated carbocycles. The summed E-state index contributed by atoms with van der Waals surface area (Å²) in [5.41, 5.74) is 0.577. The Morgan fingerprint density at radius 2 is 2.10 bits per heavy atom. The van der Waals surface area contributed by atoms with Crippen LogP contribution in [0.2, 0.25) is 0 Å². The molecule has 0 aliphatic carbocycles. The maximum absolute atomic E-state index is 13.2. The van der Waals surface area contributed by atoms with E-state index in [1.54, 1.807) is 23.6 Å². The molecule has 30 heavy (non-hydrogen) atoms. The predicted octanol–water partition coefficient (Wildman–Crippen LogP) is 1.04. The number of amidine groups is 1. The maximum Gasteiger partial charge on any atom is 0.286 e. The number of fused-ring (bicyclic) bond motifs is 1. The van der Waals surface area contributed by atoms with E-state index in [2.05, 4.69) is 19.3 Å². The molecule has 2 aromatic rings. The van der Waals surface area contributed by atoms with Crippen molar-refractivity contribution >= 4 is 49.8 Å². The lowest BCUT2D eigenvalue weighted by Crippen LogP contribution is -2.37. The minimum absolute atomic E-state index is 0.0115. The van der Waals surface area contributed by atoms with E-state index in [0.717, 1.165) is 11.5 Å². The van der Waals surface area contributed by atoms with Crippen molar-refractivity contribution in [3.63, 3.8) is 0 Å². The first-order valence-electron chi connectivity index (χ1n) is 8.79. The minimum Gasteiger partial charge on any atom is -0.509 e. The molecule has 3 heterocycles. The van der Waals surface area contributed by atoms with E-state index in [1.165, 1.54) is 17.2 Å². The molecular weight excluding hydrogens is 450 g/mol. The Morgan fingerprint density at radius 1 is 1.33 bits per heavy atom. The van der Waals surface area contributed by atoms with Crippen LogP contribution in [-0.2, 0) is 32.2 Å². The average molecular weight is 468 g/mol. The molecule has 2 aliphatic rings. The second-order valence-corrected chi connectivity index (χ2v) is 10.4. The predicted molar refractivity (Wildman–Crippen MR) is 112 cm³/mol. The molecule has 158 valence electrons. The number of carbonyl (C=O) groups excluding carboxylic acids is 1. The standard InChI is InChI=1S/C17H17N5O5S3/c1-29(25)7-6-12-15(23)14(17(24)22(12)8-10-9-28-21-19-10)16-18-11-4-2-3-5-13(11)30(26,27)20-16/h2-5,9,12,23H,6-8H2,1H3,(H,18,20)/t12-,29?/m0/s1. The number of hydrogen-bond donors (Lipinski definition) is 2. The number of hydrogen-bond acceptors (Lipinski definition) is 9. The SMILES string of the molecule is CS(=O)CC[C@H]1C(O)=C(C2=NS(=O)(=O)c3ccccc3N2)C(=O)N1Cc1csnn1. The van der Waals surface area contributed by atoms with Crippen molar-refractivity contribution in [1.29, 1.82) is 0 Å². The van der Waals surface area contributed by atoms with E-state index in [4.69, 9.17) is 0 Å². The molecule has 2 N–H and O–H groups in total. The first kappa shape index (κ1) is 20.6. The fourth-order valence-electron chi connectivity index (χ4n) is 3.33. The lowest BCUT2D eigenvalue weighted by molar-refractivity contribution is -0.127. The van der Waals surface area contributed by atoms with Gasteiger partial charge in [0.15, 0.2) is 5.84 Å². The van der Waals surface area contributed by atoms with Gasteiger partial charge in [0.1, 0.15) is 16.2 Å². The van der Waals surface area contributed by atoms with Crippen LogP contribution in [0.5, 0.6) is 0 Å². The molecule has 2 atom stereocenters. The number of nitrogens with zero attached hydrogens (tertiary/aromatic N) is 4. The molecule has 0 spiro atoms. The summed E-state index contributed by atoms with van der Waals surface area (Å²) in [7, 11) is -5.18. The van der Waals surface area contributed by atoms with Crippen molar-refractivity contribution in [2.24, 2.45) is 4.40 Å². The summed E-state index contributed by atoms with van der Waals surface area (Å²) in [4.78, 5) is 14.5. The minimum atomic E-state index is -4.05. The number of benzene rings is 1. The van der Waals surface area contributed by atoms with Crippen LogP contribution in [0.1, 0.15) is 12.1 Å². The molecule has 0 radical (unpaired) electrons. The van der Waals surface area contributed by atoms with E-state index < -0.39 is 32.8 Å². The van der Waals surface area contributed by atoms with E-state index in [0.29, 0.717) is 5.69 Å². The highest BCUT2D eigenvalue weighted by Gasteiger charge is 2.43. The van der Waals surface area contributed by atoms with Crippen LogP contribution < -0.4 is 5.32 Å². The Balaban J connectivity index is 1.74. The third-order valence-electron chi connectivity index (χ3n) is 4.71. The Morgan fingerprint density at radius 3 is 2.80 bits per heavy atom. The van der Waals surface area contributed by atoms with Gasteiger partial charge in [0.2, 0.25) is 0 Å². The normalized spacial score (nSPS) is 21.2. The summed E-state index contributed by atoms with van der Waals surface area (Å²) in [5.74, 6) is -0.886. The van der Waals surface area contributed by atoms with E-state index in [1.807, 2.05) is 0 Å². The topological polar surface area (TPSA) is 142 Å². The van der Waals surface area contributed by atoms with Gasteiger partial charge < -0.3 is 15.3 Å². The fraction of sp³-hybridized carbons (Fsp3) is 0.294. The van der Waals surface area contributed by atoms with Gasteiger partial charge in [-0.15, -0.1) is 9.50 Å². The lowest BCUT2D eigenvalue weighted by Gasteiger charge is -2.24. The molecule has 13 heteroatoms. The van der Waals surface area contributed by atoms with Gasteiger partial charge in [0, 0.05) is 28.2 Å². The number of carbonyl (C=O) groups is 1. The van der Waals surface area contributed by atoms with Gasteiger partial charge in [-0.25, -0.2) is 0 Å². The molecule has 4 rings (SSSR count). The van der Waals surface area contributed by atoms with Crippen LogP contribution in [-0.4, -0.2) is 62.0 Å². The van der Waals surface area contributed by atoms with Crippen LogP contribution >= 0.6 is 11.5 Å². The molecule has 0 fully saturated rings. The highest BCUT2D eigenvalue weighted by molar-refractivity contribution is 7.90. The molecular formula is C17H17N5O5S3. The average Bonchev–Trinajstić information content (AvgIpc) is 3.27. The molecule has 1 amide bonds. The van der Waals surface area contributed by atoms with E-state index >= 15 is 0 Å². The number of amides is 1. The van der Waals surface area contributed by atoms with E-state index in [-0.39, 0.29) is 46.5 Å². The molecule has 0 saturated heterocycles. The number of nitrogens with one attached hydrogen (secondary N) is 1. The number of sulfonamides is 1. The molecule has 10 nitrogen and oxygen atoms in total. The van der Waals surface area contributed by atoms with Gasteiger partial charge >= 0.3 is 0 Å². The third-order valence-corrected chi connectivity index (χ3v) is 7.40. The largest absolute Gasteiger partial charge is 0.509 e. The fourth-order valence-corrected chi connectivity index (χ4v) is 5.45. The van der Waals surface area contributed by atoms with Gasteiger partial charge in [-0.3, -0.25) is 9.00 Å². The van der Waals surface area contributed by atoms with Crippen LogP contribution in [0.25, 0.3) is 0 Å². The lowest BCUT2D eigenvalue weighted by atomic mass is 10.1. The van der Waals surface area contributed by atoms with Crippen LogP contribution in [0.3, 0.4) is 0 Å². The zero-order chi connectivity index (χ0) is 21.5. The quantitative estimate of drug-likeness (QED) is 0.642. The van der Waals surface area contributed by atoms with Crippen molar-refractivity contribution in [2.45, 2.75) is 23.9 Å². The number of aromatic nitrogens is 2. The third kappa shape index (κ3) is 3.75. The number of aliphatic hydroxyl groups is 1. The van der Waals surface area contributed by atoms with Gasteiger partial charge in [0.25, 0.3) is 15.9 Å². The highest BCUT2D eigenvalue weighted by Crippen LogP contribution is 2.33. The number of anilines is 1. The van der Waals surface area contributed by atoms with Crippen molar-refractivity contribution in [3.8, 4) is 0 Å².